The maximum absolute atomic E-state index is 13.3. The molecule has 2 N–H and O–H groups in total. The van der Waals surface area contributed by atoms with Gasteiger partial charge in [-0.05, 0) is 18.8 Å². The number of hydrogen-bond donors (Lipinski definition) is 1. The van der Waals surface area contributed by atoms with Gasteiger partial charge in [-0.2, -0.15) is 0 Å². The first kappa shape index (κ1) is 10.4. The van der Waals surface area contributed by atoms with Gasteiger partial charge < -0.3 is 10.5 Å². The van der Waals surface area contributed by atoms with Gasteiger partial charge in [0.25, 0.3) is 0 Å². The van der Waals surface area contributed by atoms with Crippen LogP contribution in [0.5, 0.6) is 0 Å². The molecular weight excluding hydrogens is 173 g/mol. The van der Waals surface area contributed by atoms with E-state index in [0.717, 1.165) is 19.3 Å². The summed E-state index contributed by atoms with van der Waals surface area (Å²) in [6, 6.07) is -0.805. The molecule has 4 heteroatoms. The van der Waals surface area contributed by atoms with Crippen molar-refractivity contribution in [1.82, 2.24) is 0 Å². The molecule has 1 rings (SSSR count). The monoisotopic (exact) mass is 189 g/mol. The number of rotatable bonds is 4. The molecule has 3 nitrogen and oxygen atoms in total. The number of carbonyl (C=O) groups excluding carboxylic acids is 1. The highest BCUT2D eigenvalue weighted by Crippen LogP contribution is 2.33. The minimum atomic E-state index is -0.942. The molecule has 76 valence electrons. The molecule has 0 radical (unpaired) electrons. The number of halogens is 1. The second-order valence-electron chi connectivity index (χ2n) is 3.57. The molecule has 1 aliphatic carbocycles. The van der Waals surface area contributed by atoms with Crippen LogP contribution in [0.25, 0.3) is 0 Å². The Kier molecular flexibility index (Phi) is 3.66. The van der Waals surface area contributed by atoms with Gasteiger partial charge in [0, 0.05) is 6.42 Å². The number of ether oxygens (including phenoxy) is 1. The lowest BCUT2D eigenvalue weighted by Crippen LogP contribution is -2.37. The van der Waals surface area contributed by atoms with Crippen molar-refractivity contribution in [3.63, 3.8) is 0 Å². The van der Waals surface area contributed by atoms with Gasteiger partial charge in [-0.25, -0.2) is 4.39 Å². The lowest BCUT2D eigenvalue weighted by atomic mass is 9.80. The van der Waals surface area contributed by atoms with Gasteiger partial charge in [0.15, 0.2) is 0 Å². The highest BCUT2D eigenvalue weighted by Gasteiger charge is 2.30. The first-order valence-electron chi connectivity index (χ1n) is 4.62. The Morgan fingerprint density at radius 3 is 2.69 bits per heavy atom. The second-order valence-corrected chi connectivity index (χ2v) is 3.57. The van der Waals surface area contributed by atoms with Crippen molar-refractivity contribution in [2.24, 2.45) is 11.7 Å². The van der Waals surface area contributed by atoms with Crippen molar-refractivity contribution in [1.29, 1.82) is 0 Å². The molecule has 0 heterocycles. The fourth-order valence-corrected chi connectivity index (χ4v) is 1.48. The molecule has 0 aliphatic heterocycles. The van der Waals surface area contributed by atoms with Crippen molar-refractivity contribution >= 4 is 5.97 Å². The van der Waals surface area contributed by atoms with E-state index in [4.69, 9.17) is 5.73 Å². The molecule has 1 fully saturated rings. The first-order chi connectivity index (χ1) is 6.15. The zero-order valence-electron chi connectivity index (χ0n) is 7.83. The van der Waals surface area contributed by atoms with E-state index < -0.39 is 18.2 Å². The highest BCUT2D eigenvalue weighted by atomic mass is 19.1. The van der Waals surface area contributed by atoms with Gasteiger partial charge in [0.2, 0.25) is 0 Å². The summed E-state index contributed by atoms with van der Waals surface area (Å²) in [5, 5.41) is 0. The largest absolute Gasteiger partial charge is 0.468 e. The normalized spacial score (nSPS) is 21.8. The maximum Gasteiger partial charge on any atom is 0.322 e. The van der Waals surface area contributed by atoms with Crippen LogP contribution in [0.2, 0.25) is 0 Å². The lowest BCUT2D eigenvalue weighted by Gasteiger charge is -2.29. The van der Waals surface area contributed by atoms with Gasteiger partial charge in [0.05, 0.1) is 7.11 Å². The number of alkyl halides is 1. The Morgan fingerprint density at radius 1 is 1.69 bits per heavy atom. The van der Waals surface area contributed by atoms with E-state index in [1.165, 1.54) is 7.11 Å². The molecule has 0 aromatic heterocycles. The summed E-state index contributed by atoms with van der Waals surface area (Å²) in [5.41, 5.74) is 5.43. The third kappa shape index (κ3) is 2.66. The minimum absolute atomic E-state index is 0.0946. The Balaban J connectivity index is 2.25. The fraction of sp³-hybridized carbons (Fsp3) is 0.889. The zero-order valence-corrected chi connectivity index (χ0v) is 7.83. The van der Waals surface area contributed by atoms with Crippen molar-refractivity contribution in [2.75, 3.05) is 7.11 Å². The quantitative estimate of drug-likeness (QED) is 0.671. The Labute approximate surface area is 77.4 Å². The summed E-state index contributed by atoms with van der Waals surface area (Å²) in [6.45, 7) is 0. The predicted molar refractivity (Wildman–Crippen MR) is 46.8 cm³/mol. The Hall–Kier alpha value is -0.640. The predicted octanol–water partition coefficient (Wildman–Crippen LogP) is 1.01. The maximum atomic E-state index is 13.3. The van der Waals surface area contributed by atoms with E-state index in [0.29, 0.717) is 0 Å². The number of methoxy groups -OCH3 is 1. The van der Waals surface area contributed by atoms with Crippen LogP contribution in [-0.2, 0) is 9.53 Å². The summed E-state index contributed by atoms with van der Waals surface area (Å²) in [6.07, 6.45) is 2.10. The topological polar surface area (TPSA) is 52.3 Å². The number of nitrogens with two attached hydrogens (primary N) is 1. The minimum Gasteiger partial charge on any atom is -0.468 e. The van der Waals surface area contributed by atoms with Crippen molar-refractivity contribution in [2.45, 2.75) is 37.9 Å². The molecule has 0 bridgehead atoms. The van der Waals surface area contributed by atoms with Gasteiger partial charge in [0.1, 0.15) is 12.2 Å². The summed E-state index contributed by atoms with van der Waals surface area (Å²) in [5.74, 6) is -0.405. The molecule has 0 aromatic rings. The smallest absolute Gasteiger partial charge is 0.322 e. The van der Waals surface area contributed by atoms with Crippen LogP contribution in [0.3, 0.4) is 0 Å². The number of esters is 1. The standard InChI is InChI=1S/C9H16FNO2/c1-13-9(12)8(11)5-7(10)6-3-2-4-6/h6-8H,2-5,11H2,1H3. The third-order valence-corrected chi connectivity index (χ3v) is 2.64. The summed E-state index contributed by atoms with van der Waals surface area (Å²) in [7, 11) is 1.26. The van der Waals surface area contributed by atoms with Crippen molar-refractivity contribution in [3.05, 3.63) is 0 Å². The summed E-state index contributed by atoms with van der Waals surface area (Å²) < 4.78 is 17.7. The van der Waals surface area contributed by atoms with Crippen LogP contribution in [0.1, 0.15) is 25.7 Å². The molecule has 2 unspecified atom stereocenters. The van der Waals surface area contributed by atoms with Crippen LogP contribution < -0.4 is 5.73 Å². The molecule has 0 saturated heterocycles. The van der Waals surface area contributed by atoms with Gasteiger partial charge in [-0.15, -0.1) is 0 Å². The molecule has 0 spiro atoms. The van der Waals surface area contributed by atoms with Crippen LogP contribution in [0.4, 0.5) is 4.39 Å². The summed E-state index contributed by atoms with van der Waals surface area (Å²) in [4.78, 5) is 10.9. The molecule has 0 aromatic carbocycles. The highest BCUT2D eigenvalue weighted by molar-refractivity contribution is 5.75. The van der Waals surface area contributed by atoms with E-state index >= 15 is 0 Å². The van der Waals surface area contributed by atoms with Crippen molar-refractivity contribution in [3.8, 4) is 0 Å². The molecule has 1 aliphatic rings. The van der Waals surface area contributed by atoms with E-state index in [2.05, 4.69) is 4.74 Å². The van der Waals surface area contributed by atoms with Crippen LogP contribution in [0.15, 0.2) is 0 Å². The molecule has 13 heavy (non-hydrogen) atoms. The molecule has 0 amide bonds. The van der Waals surface area contributed by atoms with Gasteiger partial charge in [-0.3, -0.25) is 4.79 Å². The first-order valence-corrected chi connectivity index (χ1v) is 4.62. The fourth-order valence-electron chi connectivity index (χ4n) is 1.48. The van der Waals surface area contributed by atoms with Gasteiger partial charge in [-0.1, -0.05) is 6.42 Å². The second kappa shape index (κ2) is 4.56. The zero-order chi connectivity index (χ0) is 9.84. The molecule has 2 atom stereocenters. The van der Waals surface area contributed by atoms with Crippen molar-refractivity contribution < 1.29 is 13.9 Å². The van der Waals surface area contributed by atoms with E-state index in [1.807, 2.05) is 0 Å². The lowest BCUT2D eigenvalue weighted by molar-refractivity contribution is -0.142. The van der Waals surface area contributed by atoms with Crippen LogP contribution >= 0.6 is 0 Å². The number of carbonyl (C=O) groups is 1. The SMILES string of the molecule is COC(=O)C(N)CC(F)C1CCC1. The Morgan fingerprint density at radius 2 is 2.31 bits per heavy atom. The van der Waals surface area contributed by atoms with E-state index in [1.54, 1.807) is 0 Å². The van der Waals surface area contributed by atoms with Crippen LogP contribution in [-0.4, -0.2) is 25.3 Å². The van der Waals surface area contributed by atoms with E-state index in [9.17, 15) is 9.18 Å². The number of hydrogen-bond acceptors (Lipinski definition) is 3. The average molecular weight is 189 g/mol. The third-order valence-electron chi connectivity index (χ3n) is 2.64. The average Bonchev–Trinajstić information content (AvgIpc) is 1.99. The summed E-state index contributed by atoms with van der Waals surface area (Å²) >= 11 is 0. The molecule has 1 saturated carbocycles. The van der Waals surface area contributed by atoms with Gasteiger partial charge >= 0.3 is 5.97 Å². The van der Waals surface area contributed by atoms with Crippen LogP contribution in [0, 0.1) is 5.92 Å². The Bertz CT molecular complexity index is 182. The van der Waals surface area contributed by atoms with E-state index in [-0.39, 0.29) is 12.3 Å². The molecular formula is C9H16FNO2.